The van der Waals surface area contributed by atoms with Crippen molar-refractivity contribution in [1.29, 1.82) is 0 Å². The monoisotopic (exact) mass is 443 g/mol. The molecule has 2 aliphatic rings. The third-order valence-electron chi connectivity index (χ3n) is 5.03. The highest BCUT2D eigenvalue weighted by Gasteiger charge is 2.23. The van der Waals surface area contributed by atoms with E-state index in [4.69, 9.17) is 5.73 Å². The summed E-state index contributed by atoms with van der Waals surface area (Å²) >= 11 is 1.04. The van der Waals surface area contributed by atoms with E-state index < -0.39 is 11.9 Å². The minimum atomic E-state index is -0.771. The van der Waals surface area contributed by atoms with E-state index in [1.165, 1.54) is 12.3 Å². The van der Waals surface area contributed by atoms with E-state index in [0.717, 1.165) is 43.9 Å². The minimum absolute atomic E-state index is 0.0607. The lowest BCUT2D eigenvalue weighted by molar-refractivity contribution is -0.112. The van der Waals surface area contributed by atoms with Gasteiger partial charge in [-0.3, -0.25) is 14.5 Å². The first kappa shape index (κ1) is 21.1. The molecule has 1 unspecified atom stereocenters. The molecule has 0 saturated carbocycles. The lowest BCUT2D eigenvalue weighted by atomic mass is 10.0. The van der Waals surface area contributed by atoms with Gasteiger partial charge in [0.25, 0.3) is 11.8 Å². The first-order chi connectivity index (χ1) is 15.0. The summed E-state index contributed by atoms with van der Waals surface area (Å²) in [7, 11) is 0. The molecular formula is C20H22FN7O2S. The molecule has 11 heteroatoms. The van der Waals surface area contributed by atoms with Crippen LogP contribution in [0.4, 0.5) is 20.2 Å². The van der Waals surface area contributed by atoms with Crippen molar-refractivity contribution in [2.45, 2.75) is 12.5 Å². The Balaban J connectivity index is 1.44. The largest absolute Gasteiger partial charge is 0.364 e. The Morgan fingerprint density at radius 1 is 1.32 bits per heavy atom. The van der Waals surface area contributed by atoms with Crippen molar-refractivity contribution >= 4 is 39.0 Å². The second-order valence-electron chi connectivity index (χ2n) is 7.11. The smallest absolute Gasteiger partial charge is 0.270 e. The number of hydrogen-bond donors (Lipinski definition) is 4. The Morgan fingerprint density at radius 3 is 2.81 bits per heavy atom. The van der Waals surface area contributed by atoms with Crippen molar-refractivity contribution < 1.29 is 14.0 Å². The van der Waals surface area contributed by atoms with Crippen molar-refractivity contribution in [2.75, 3.05) is 36.8 Å². The molecule has 1 saturated heterocycles. The molecule has 1 atom stereocenters. The van der Waals surface area contributed by atoms with Crippen molar-refractivity contribution in [3.63, 3.8) is 0 Å². The summed E-state index contributed by atoms with van der Waals surface area (Å²) in [6, 6.07) is 3.02. The molecule has 2 amide bonds. The van der Waals surface area contributed by atoms with Gasteiger partial charge < -0.3 is 21.7 Å². The number of hydrogen-bond acceptors (Lipinski definition) is 8. The zero-order valence-electron chi connectivity index (χ0n) is 16.6. The number of nitrogens with one attached hydrogen (secondary N) is 3. The van der Waals surface area contributed by atoms with E-state index in [9.17, 15) is 14.0 Å². The van der Waals surface area contributed by atoms with Crippen molar-refractivity contribution in [3.8, 4) is 0 Å². The first-order valence-corrected chi connectivity index (χ1v) is 10.6. The van der Waals surface area contributed by atoms with Crippen LogP contribution in [-0.2, 0) is 4.79 Å². The first-order valence-electron chi connectivity index (χ1n) is 9.83. The third kappa shape index (κ3) is 5.13. The molecule has 0 spiro atoms. The normalized spacial score (nSPS) is 19.0. The van der Waals surface area contributed by atoms with Crippen LogP contribution >= 0.6 is 11.3 Å². The highest BCUT2D eigenvalue weighted by Crippen LogP contribution is 2.31. The van der Waals surface area contributed by atoms with Crippen LogP contribution in [0.3, 0.4) is 0 Å². The average molecular weight is 444 g/mol. The maximum absolute atomic E-state index is 13.3. The number of piperazine rings is 1. The number of carbonyl (C=O) groups is 2. The highest BCUT2D eigenvalue weighted by molar-refractivity contribution is 7.20. The average Bonchev–Trinajstić information content (AvgIpc) is 3.17. The molecule has 162 valence electrons. The van der Waals surface area contributed by atoms with Gasteiger partial charge in [0, 0.05) is 55.7 Å². The molecule has 0 radical (unpaired) electrons. The summed E-state index contributed by atoms with van der Waals surface area (Å²) in [4.78, 5) is 34.5. The van der Waals surface area contributed by atoms with Crippen LogP contribution in [0.2, 0.25) is 0 Å². The Bertz CT molecular complexity index is 1050. The van der Waals surface area contributed by atoms with Gasteiger partial charge in [0.1, 0.15) is 5.00 Å². The lowest BCUT2D eigenvalue weighted by Gasteiger charge is -2.34. The molecule has 0 aromatic carbocycles. The molecule has 0 bridgehead atoms. The summed E-state index contributed by atoms with van der Waals surface area (Å²) in [6.45, 7) is 3.88. The second-order valence-corrected chi connectivity index (χ2v) is 8.11. The van der Waals surface area contributed by atoms with Gasteiger partial charge in [0.05, 0.1) is 0 Å². The summed E-state index contributed by atoms with van der Waals surface area (Å²) < 4.78 is 13.3. The van der Waals surface area contributed by atoms with Gasteiger partial charge in [-0.05, 0) is 12.5 Å². The van der Waals surface area contributed by atoms with Crippen LogP contribution in [-0.4, -0.2) is 58.9 Å². The summed E-state index contributed by atoms with van der Waals surface area (Å²) in [6.07, 6.45) is 7.78. The molecule has 1 fully saturated rings. The van der Waals surface area contributed by atoms with Gasteiger partial charge in [-0.2, -0.15) is 4.39 Å². The van der Waals surface area contributed by atoms with E-state index in [1.54, 1.807) is 12.1 Å². The van der Waals surface area contributed by atoms with Gasteiger partial charge in [-0.1, -0.05) is 29.6 Å². The van der Waals surface area contributed by atoms with Crippen molar-refractivity contribution in [3.05, 3.63) is 53.8 Å². The topological polar surface area (TPSA) is 125 Å². The number of pyridine rings is 1. The van der Waals surface area contributed by atoms with Crippen LogP contribution < -0.4 is 21.7 Å². The summed E-state index contributed by atoms with van der Waals surface area (Å²) in [5.74, 6) is -1.77. The van der Waals surface area contributed by atoms with E-state index in [1.807, 2.05) is 12.2 Å². The van der Waals surface area contributed by atoms with Crippen molar-refractivity contribution in [2.24, 2.45) is 5.73 Å². The molecule has 2 aromatic rings. The fraction of sp³-hybridized carbons (Fsp3) is 0.300. The predicted octanol–water partition coefficient (Wildman–Crippen LogP) is 1.62. The Hall–Kier alpha value is -3.15. The molecule has 31 heavy (non-hydrogen) atoms. The second kappa shape index (κ2) is 9.33. The number of rotatable bonds is 6. The number of nitrogens with zero attached hydrogens (tertiary/aromatic N) is 3. The Labute approximate surface area is 182 Å². The van der Waals surface area contributed by atoms with Crippen LogP contribution in [0.25, 0.3) is 0 Å². The van der Waals surface area contributed by atoms with Crippen molar-refractivity contribution in [1.82, 2.24) is 20.2 Å². The van der Waals surface area contributed by atoms with Crippen LogP contribution in [0, 0.1) is 5.95 Å². The fourth-order valence-electron chi connectivity index (χ4n) is 3.47. The van der Waals surface area contributed by atoms with E-state index in [-0.39, 0.29) is 22.6 Å². The molecule has 2 aromatic heterocycles. The Morgan fingerprint density at radius 2 is 2.13 bits per heavy atom. The van der Waals surface area contributed by atoms with Gasteiger partial charge in [0.2, 0.25) is 5.95 Å². The molecule has 4 rings (SSSR count). The third-order valence-corrected chi connectivity index (χ3v) is 5.91. The number of amides is 2. The number of nitrogens with two attached hydrogens (primary N) is 1. The van der Waals surface area contributed by atoms with Gasteiger partial charge in [-0.25, -0.2) is 9.97 Å². The van der Waals surface area contributed by atoms with Crippen LogP contribution in [0.1, 0.15) is 16.9 Å². The van der Waals surface area contributed by atoms with Gasteiger partial charge in [-0.15, -0.1) is 0 Å². The number of aromatic nitrogens is 2. The standard InChI is InChI=1S/C20H22FN7O2S/c21-15-11-13(5-6-24-15)25-20-26-16(17(22)29)19(31-20)27-18(30)12-1-3-14(4-2-12)28-9-7-23-8-10-28/h1-3,5-6,11,14,23H,4,7-10H2,(H2,22,29)(H,27,30)(H,24,25,26). The number of primary amides is 1. The quantitative estimate of drug-likeness (QED) is 0.500. The van der Waals surface area contributed by atoms with Crippen LogP contribution in [0.15, 0.2) is 42.1 Å². The molecule has 9 nitrogen and oxygen atoms in total. The number of carbonyl (C=O) groups excluding carboxylic acids is 2. The zero-order chi connectivity index (χ0) is 21.8. The fourth-order valence-corrected chi connectivity index (χ4v) is 4.35. The summed E-state index contributed by atoms with van der Waals surface area (Å²) in [5, 5.41) is 9.46. The summed E-state index contributed by atoms with van der Waals surface area (Å²) in [5.41, 5.74) is 6.28. The van der Waals surface area contributed by atoms with Gasteiger partial charge >= 0.3 is 0 Å². The van der Waals surface area contributed by atoms with Gasteiger partial charge in [0.15, 0.2) is 10.8 Å². The minimum Gasteiger partial charge on any atom is -0.364 e. The molecule has 3 heterocycles. The molecule has 1 aliphatic heterocycles. The Kier molecular flexibility index (Phi) is 6.35. The highest BCUT2D eigenvalue weighted by atomic mass is 32.1. The predicted molar refractivity (Wildman–Crippen MR) is 117 cm³/mol. The number of thiazole rings is 1. The number of anilines is 3. The lowest BCUT2D eigenvalue weighted by Crippen LogP contribution is -2.48. The maximum Gasteiger partial charge on any atom is 0.270 e. The van der Waals surface area contributed by atoms with Crippen LogP contribution in [0.5, 0.6) is 0 Å². The molecular weight excluding hydrogens is 421 g/mol. The SMILES string of the molecule is NC(=O)c1nc(Nc2ccnc(F)c2)sc1NC(=O)C1=CCC(N2CCNCC2)C=C1. The zero-order valence-corrected chi connectivity index (χ0v) is 17.4. The van der Waals surface area contributed by atoms with E-state index >= 15 is 0 Å². The molecule has 5 N–H and O–H groups in total. The van der Waals surface area contributed by atoms with E-state index in [2.05, 4.69) is 30.8 Å². The number of halogens is 1. The molecule has 1 aliphatic carbocycles. The van der Waals surface area contributed by atoms with E-state index in [0.29, 0.717) is 16.4 Å². The maximum atomic E-state index is 13.3.